The highest BCUT2D eigenvalue weighted by atomic mass is 32.1. The number of benzene rings is 2. The van der Waals surface area contributed by atoms with E-state index in [2.05, 4.69) is 10.3 Å². The summed E-state index contributed by atoms with van der Waals surface area (Å²) < 4.78 is 26.5. The number of anilines is 3. The Morgan fingerprint density at radius 3 is 2.89 bits per heavy atom. The minimum atomic E-state index is -0.405. The van der Waals surface area contributed by atoms with Crippen molar-refractivity contribution in [1.82, 2.24) is 10.3 Å². The minimum absolute atomic E-state index is 0.329. The summed E-state index contributed by atoms with van der Waals surface area (Å²) in [4.78, 5) is 20.6. The Hall–Kier alpha value is -3.07. The highest BCUT2D eigenvalue weighted by molar-refractivity contribution is 7.22. The summed E-state index contributed by atoms with van der Waals surface area (Å²) in [6.45, 7) is 1.27. The van der Waals surface area contributed by atoms with Crippen molar-refractivity contribution in [2.45, 2.75) is 6.54 Å². The van der Waals surface area contributed by atoms with Crippen LogP contribution in [-0.2, 0) is 6.54 Å². The van der Waals surface area contributed by atoms with Crippen LogP contribution in [0.4, 0.5) is 25.7 Å². The normalized spacial score (nSPS) is 15.4. The van der Waals surface area contributed by atoms with Gasteiger partial charge >= 0.3 is 6.03 Å². The van der Waals surface area contributed by atoms with E-state index in [4.69, 9.17) is 9.47 Å². The first-order valence-electron chi connectivity index (χ1n) is 8.80. The Labute approximate surface area is 164 Å². The summed E-state index contributed by atoms with van der Waals surface area (Å²) in [5, 5.41) is 3.31. The van der Waals surface area contributed by atoms with E-state index in [0.717, 1.165) is 16.0 Å². The van der Waals surface area contributed by atoms with Crippen molar-refractivity contribution in [2.24, 2.45) is 0 Å². The number of fused-ring (bicyclic) bond motifs is 4. The summed E-state index contributed by atoms with van der Waals surface area (Å²) in [7, 11) is 3.69. The monoisotopic (exact) mass is 400 g/mol. The lowest BCUT2D eigenvalue weighted by Crippen LogP contribution is -2.41. The minimum Gasteiger partial charge on any atom is -0.486 e. The highest BCUT2D eigenvalue weighted by Gasteiger charge is 2.31. The first-order chi connectivity index (χ1) is 13.5. The summed E-state index contributed by atoms with van der Waals surface area (Å²) in [5.74, 6) is 0.814. The zero-order valence-corrected chi connectivity index (χ0v) is 16.1. The summed E-state index contributed by atoms with van der Waals surface area (Å²) in [5.41, 5.74) is 2.70. The molecule has 2 aliphatic rings. The molecular formula is C19H17FN4O3S. The largest absolute Gasteiger partial charge is 0.486 e. The number of hydrogen-bond donors (Lipinski definition) is 1. The van der Waals surface area contributed by atoms with Gasteiger partial charge in [0.1, 0.15) is 24.5 Å². The fourth-order valence-electron chi connectivity index (χ4n) is 3.51. The van der Waals surface area contributed by atoms with Gasteiger partial charge in [-0.1, -0.05) is 11.3 Å². The maximum atomic E-state index is 14.3. The molecule has 5 rings (SSSR count). The molecule has 0 spiro atoms. The van der Waals surface area contributed by atoms with E-state index in [1.165, 1.54) is 28.4 Å². The lowest BCUT2D eigenvalue weighted by atomic mass is 10.1. The number of rotatable bonds is 2. The molecule has 0 saturated heterocycles. The summed E-state index contributed by atoms with van der Waals surface area (Å²) in [6.07, 6.45) is 0. The molecule has 3 aromatic rings. The molecule has 2 aliphatic heterocycles. The molecule has 9 heteroatoms. The summed E-state index contributed by atoms with van der Waals surface area (Å²) >= 11 is 1.35. The van der Waals surface area contributed by atoms with E-state index in [9.17, 15) is 9.18 Å². The standard InChI is InChI=1S/C19H17FN4O3S/c1-23(2)12-7-10(20)8-13-11(12)9-21-18(25)24(13)19-22-16-15(28-19)4-3-14-17(16)27-6-5-26-14/h3-4,7-8H,5-6,9H2,1-2H3,(H,21,25). The van der Waals surface area contributed by atoms with E-state index in [1.54, 1.807) is 0 Å². The van der Waals surface area contributed by atoms with E-state index < -0.39 is 5.82 Å². The third-order valence-corrected chi connectivity index (χ3v) is 5.76. The Morgan fingerprint density at radius 1 is 1.25 bits per heavy atom. The van der Waals surface area contributed by atoms with Gasteiger partial charge in [-0.3, -0.25) is 0 Å². The lowest BCUT2D eigenvalue weighted by Gasteiger charge is -2.31. The van der Waals surface area contributed by atoms with Crippen molar-refractivity contribution in [1.29, 1.82) is 0 Å². The van der Waals surface area contributed by atoms with Crippen molar-refractivity contribution in [3.05, 3.63) is 35.6 Å². The molecular weight excluding hydrogens is 383 g/mol. The lowest BCUT2D eigenvalue weighted by molar-refractivity contribution is 0.173. The second kappa shape index (κ2) is 6.23. The van der Waals surface area contributed by atoms with Gasteiger partial charge in [-0.2, -0.15) is 0 Å². The fourth-order valence-corrected chi connectivity index (χ4v) is 4.49. The van der Waals surface area contributed by atoms with Gasteiger partial charge in [0.2, 0.25) is 0 Å². The van der Waals surface area contributed by atoms with Gasteiger partial charge in [0.05, 0.1) is 10.4 Å². The van der Waals surface area contributed by atoms with Crippen molar-refractivity contribution in [3.8, 4) is 11.5 Å². The molecule has 0 unspecified atom stereocenters. The molecule has 3 heterocycles. The van der Waals surface area contributed by atoms with E-state index in [-0.39, 0.29) is 6.03 Å². The first-order valence-corrected chi connectivity index (χ1v) is 9.61. The van der Waals surface area contributed by atoms with E-state index in [0.29, 0.717) is 47.6 Å². The van der Waals surface area contributed by atoms with Crippen LogP contribution in [0, 0.1) is 5.82 Å². The zero-order chi connectivity index (χ0) is 19.4. The number of halogens is 1. The molecule has 1 N–H and O–H groups in total. The number of aromatic nitrogens is 1. The number of urea groups is 1. The quantitative estimate of drug-likeness (QED) is 0.712. The van der Waals surface area contributed by atoms with Crippen molar-refractivity contribution in [3.63, 3.8) is 0 Å². The van der Waals surface area contributed by atoms with E-state index in [1.807, 2.05) is 31.1 Å². The molecule has 144 valence electrons. The molecule has 0 saturated carbocycles. The van der Waals surface area contributed by atoms with Crippen LogP contribution in [0.5, 0.6) is 11.5 Å². The molecule has 2 amide bonds. The Morgan fingerprint density at radius 2 is 2.07 bits per heavy atom. The van der Waals surface area contributed by atoms with Gasteiger partial charge in [-0.25, -0.2) is 19.1 Å². The number of ether oxygens (including phenoxy) is 2. The number of carbonyl (C=O) groups excluding carboxylic acids is 1. The van der Waals surface area contributed by atoms with Crippen LogP contribution in [-0.4, -0.2) is 38.3 Å². The predicted molar refractivity (Wildman–Crippen MR) is 106 cm³/mol. The Bertz CT molecular complexity index is 1110. The SMILES string of the molecule is CN(C)c1cc(F)cc2c1CNC(=O)N2c1nc2c3c(ccc2s1)OCCO3. The van der Waals surface area contributed by atoms with Gasteiger partial charge < -0.3 is 19.7 Å². The number of nitrogens with one attached hydrogen (secondary N) is 1. The van der Waals surface area contributed by atoms with Gasteiger partial charge in [0.15, 0.2) is 16.6 Å². The van der Waals surface area contributed by atoms with Crippen LogP contribution in [0.25, 0.3) is 10.2 Å². The number of hydrogen-bond acceptors (Lipinski definition) is 6. The van der Waals surface area contributed by atoms with Crippen molar-refractivity contribution in [2.75, 3.05) is 37.1 Å². The third-order valence-electron chi connectivity index (χ3n) is 4.76. The van der Waals surface area contributed by atoms with Crippen LogP contribution >= 0.6 is 11.3 Å². The Kier molecular flexibility index (Phi) is 3.80. The molecule has 0 fully saturated rings. The fraction of sp³-hybridized carbons (Fsp3) is 0.263. The molecule has 0 bridgehead atoms. The third kappa shape index (κ3) is 2.54. The average molecular weight is 400 g/mol. The van der Waals surface area contributed by atoms with E-state index >= 15 is 0 Å². The van der Waals surface area contributed by atoms with Gasteiger partial charge in [0, 0.05) is 31.9 Å². The second-order valence-electron chi connectivity index (χ2n) is 6.74. The topological polar surface area (TPSA) is 66.9 Å². The van der Waals surface area contributed by atoms with Crippen LogP contribution in [0.1, 0.15) is 5.56 Å². The number of carbonyl (C=O) groups is 1. The van der Waals surface area contributed by atoms with Crippen LogP contribution in [0.3, 0.4) is 0 Å². The smallest absolute Gasteiger partial charge is 0.328 e. The van der Waals surface area contributed by atoms with Gasteiger partial charge in [0.25, 0.3) is 0 Å². The maximum Gasteiger partial charge on any atom is 0.328 e. The number of thiazole rings is 1. The van der Waals surface area contributed by atoms with Crippen LogP contribution in [0.15, 0.2) is 24.3 Å². The molecule has 1 aromatic heterocycles. The molecule has 2 aromatic carbocycles. The molecule has 0 atom stereocenters. The van der Waals surface area contributed by atoms with Crippen LogP contribution in [0.2, 0.25) is 0 Å². The van der Waals surface area contributed by atoms with Gasteiger partial charge in [-0.15, -0.1) is 0 Å². The average Bonchev–Trinajstić information content (AvgIpc) is 3.11. The van der Waals surface area contributed by atoms with Crippen molar-refractivity contribution < 1.29 is 18.7 Å². The maximum absolute atomic E-state index is 14.3. The highest BCUT2D eigenvalue weighted by Crippen LogP contribution is 2.44. The van der Waals surface area contributed by atoms with Gasteiger partial charge in [-0.05, 0) is 24.3 Å². The first kappa shape index (κ1) is 17.1. The molecule has 7 nitrogen and oxygen atoms in total. The molecule has 28 heavy (non-hydrogen) atoms. The van der Waals surface area contributed by atoms with Crippen molar-refractivity contribution >= 4 is 44.1 Å². The zero-order valence-electron chi connectivity index (χ0n) is 15.3. The second-order valence-corrected chi connectivity index (χ2v) is 7.75. The Balaban J connectivity index is 1.69. The summed E-state index contributed by atoms with van der Waals surface area (Å²) in [6, 6.07) is 6.24. The van der Waals surface area contributed by atoms with Crippen LogP contribution < -0.4 is 24.6 Å². The number of amides is 2. The number of nitrogens with zero attached hydrogens (tertiary/aromatic N) is 3. The molecule has 0 aliphatic carbocycles. The molecule has 0 radical (unpaired) electrons. The predicted octanol–water partition coefficient (Wildman–Crippen LogP) is 3.63.